The Morgan fingerprint density at radius 1 is 0.583 bits per heavy atom. The Hall–Kier alpha value is -1.96. The molecule has 0 bridgehead atoms. The van der Waals surface area contributed by atoms with Gasteiger partial charge in [0.15, 0.2) is 0 Å². The van der Waals surface area contributed by atoms with Crippen LogP contribution < -0.4 is 0 Å². The molecule has 6 rings (SSSR count). The van der Waals surface area contributed by atoms with Gasteiger partial charge in [0.05, 0.1) is 0 Å². The van der Waals surface area contributed by atoms with Gasteiger partial charge in [-0.15, -0.1) is 24.8 Å². The van der Waals surface area contributed by atoms with E-state index in [0.717, 1.165) is 0 Å². The Bertz CT molecular complexity index is 1960. The second-order valence-electron chi connectivity index (χ2n) is 17.8. The first-order valence-corrected chi connectivity index (χ1v) is 31.0. The predicted octanol–water partition coefficient (Wildman–Crippen LogP) is 13.0. The van der Waals surface area contributed by atoms with Gasteiger partial charge in [-0.1, -0.05) is 0 Å². The summed E-state index contributed by atoms with van der Waals surface area (Å²) in [4.78, 5) is 0. The summed E-state index contributed by atoms with van der Waals surface area (Å²) in [6, 6.07) is 32.9. The molecule has 2 aliphatic carbocycles. The van der Waals surface area contributed by atoms with Crippen LogP contribution in [0.2, 0.25) is 9.26 Å². The van der Waals surface area contributed by atoms with Crippen molar-refractivity contribution in [2.24, 2.45) is 5.92 Å². The van der Waals surface area contributed by atoms with Crippen LogP contribution in [0.4, 0.5) is 0 Å². The number of hydrogen-bond acceptors (Lipinski definition) is 0. The molecule has 0 heterocycles. The van der Waals surface area contributed by atoms with E-state index in [4.69, 9.17) is 0 Å². The average Bonchev–Trinajstić information content (AvgIpc) is 3.55. The number of allylic oxidation sites excluding steroid dienone is 2. The number of fused-ring (bicyclic) bond motifs is 2. The van der Waals surface area contributed by atoms with Crippen molar-refractivity contribution in [2.45, 2.75) is 89.7 Å². The van der Waals surface area contributed by atoms with E-state index in [0.29, 0.717) is 13.2 Å². The van der Waals surface area contributed by atoms with Gasteiger partial charge in [0.25, 0.3) is 0 Å². The van der Waals surface area contributed by atoms with Crippen LogP contribution >= 0.6 is 24.8 Å². The van der Waals surface area contributed by atoms with Crippen molar-refractivity contribution in [1.82, 2.24) is 0 Å². The Morgan fingerprint density at radius 3 is 1.38 bits per heavy atom. The van der Waals surface area contributed by atoms with E-state index in [2.05, 4.69) is 176 Å². The second kappa shape index (κ2) is 13.3. The van der Waals surface area contributed by atoms with Gasteiger partial charge in [-0.05, 0) is 0 Å². The SMILES string of the molecule is CC1=Cc2c(-c3ccc(C(C)(C)C)cc3)cccc2[CH]1[Zr]([CH3])([CH3])(=[SiH2])[CH]1C(C(C)C)=Cc2c(-c3ccc(C(C)(C)C)cc3)cccc21.Cl.Cl. The Labute approximate surface area is 306 Å². The number of hydrogen-bond donors (Lipinski definition) is 0. The van der Waals surface area contributed by atoms with Crippen LogP contribution in [0, 0.1) is 5.92 Å². The summed E-state index contributed by atoms with van der Waals surface area (Å²) >= 11 is -3.67. The maximum absolute atomic E-state index is 3.67. The first-order valence-electron chi connectivity index (χ1n) is 17.3. The first kappa shape index (κ1) is 38.8. The van der Waals surface area contributed by atoms with Crippen LogP contribution in [0.25, 0.3) is 34.4 Å². The van der Waals surface area contributed by atoms with Gasteiger partial charge in [0, 0.05) is 0 Å². The summed E-state index contributed by atoms with van der Waals surface area (Å²) in [5.41, 5.74) is 17.7. The molecule has 2 aliphatic rings. The Balaban J connectivity index is 0.00000260. The molecule has 0 aliphatic heterocycles. The first-order chi connectivity index (χ1) is 21.4. The molecule has 254 valence electrons. The molecular formula is C44H56Cl2SiZr. The normalized spacial score (nSPS) is 17.6. The summed E-state index contributed by atoms with van der Waals surface area (Å²) in [6.07, 6.45) is 5.15. The maximum atomic E-state index is 2.77. The molecule has 4 aromatic rings. The van der Waals surface area contributed by atoms with E-state index in [1.165, 1.54) is 44.5 Å². The van der Waals surface area contributed by atoms with Gasteiger partial charge in [-0.2, -0.15) is 0 Å². The third-order valence-electron chi connectivity index (χ3n) is 11.1. The van der Waals surface area contributed by atoms with Crippen molar-refractivity contribution < 1.29 is 17.4 Å². The zero-order valence-corrected chi connectivity index (χ0v) is 36.5. The van der Waals surface area contributed by atoms with E-state index >= 15 is 0 Å². The summed E-state index contributed by atoms with van der Waals surface area (Å²) in [5.74, 6) is 0.504. The van der Waals surface area contributed by atoms with Crippen molar-refractivity contribution in [1.29, 1.82) is 0 Å². The number of halogens is 2. The Morgan fingerprint density at radius 2 is 0.979 bits per heavy atom. The molecule has 0 amide bonds. The molecular weight excluding hydrogens is 719 g/mol. The van der Waals surface area contributed by atoms with Crippen molar-refractivity contribution in [3.05, 3.63) is 129 Å². The van der Waals surface area contributed by atoms with Gasteiger partial charge in [-0.25, -0.2) is 0 Å². The second-order valence-corrected chi connectivity index (χ2v) is 48.2. The molecule has 48 heavy (non-hydrogen) atoms. The molecule has 0 aromatic heterocycles. The van der Waals surface area contributed by atoms with Crippen LogP contribution in [0.15, 0.2) is 96.1 Å². The molecule has 0 radical (unpaired) electrons. The molecule has 4 aromatic carbocycles. The van der Waals surface area contributed by atoms with Crippen molar-refractivity contribution in [3.8, 4) is 22.3 Å². The van der Waals surface area contributed by atoms with Crippen molar-refractivity contribution in [2.75, 3.05) is 0 Å². The fraction of sp³-hybridized carbons (Fsp3) is 0.364. The summed E-state index contributed by atoms with van der Waals surface area (Å²) in [6.45, 7) is 23.5. The van der Waals surface area contributed by atoms with Crippen molar-refractivity contribution in [3.63, 3.8) is 0 Å². The van der Waals surface area contributed by atoms with Gasteiger partial charge >= 0.3 is 284 Å². The molecule has 2 atom stereocenters. The quantitative estimate of drug-likeness (QED) is 0.177. The monoisotopic (exact) mass is 772 g/mol. The van der Waals surface area contributed by atoms with Gasteiger partial charge in [0.2, 0.25) is 0 Å². The minimum atomic E-state index is -3.67. The van der Waals surface area contributed by atoms with Gasteiger partial charge < -0.3 is 0 Å². The van der Waals surface area contributed by atoms with Crippen LogP contribution in [0.5, 0.6) is 0 Å². The molecule has 2 unspecified atom stereocenters. The maximum Gasteiger partial charge on any atom is -0.147 e. The van der Waals surface area contributed by atoms with E-state index in [1.54, 1.807) is 22.3 Å². The topological polar surface area (TPSA) is 0 Å². The summed E-state index contributed by atoms with van der Waals surface area (Å²) in [7, 11) is 0. The van der Waals surface area contributed by atoms with E-state index in [1.807, 2.05) is 0 Å². The molecule has 0 nitrogen and oxygen atoms in total. The van der Waals surface area contributed by atoms with Crippen molar-refractivity contribution >= 4 is 43.8 Å². The number of benzene rings is 4. The smallest absolute Gasteiger partial charge is 0.147 e. The minimum absolute atomic E-state index is 0. The van der Waals surface area contributed by atoms with Crippen LogP contribution in [-0.4, -0.2) is 6.88 Å². The summed E-state index contributed by atoms with van der Waals surface area (Å²) < 4.78 is 6.55. The third-order valence-corrected chi connectivity index (χ3v) is 28.7. The molecule has 0 spiro atoms. The predicted molar refractivity (Wildman–Crippen MR) is 218 cm³/mol. The third kappa shape index (κ3) is 6.74. The standard InChI is InChI=1S/C22H25.C20H21.2CH3.2ClH.H2Si.Zr/c1-15(2)18-13-17-7-6-8-20(21(17)14-18)16-9-11-19(12-10-16)22(3,4)5;1-14-12-16-6-5-7-18(19(16)13-14)15-8-10-17(11-9-15)20(2,3)4;;;;;;/h6-15H,1-5H3;5-13H,1-4H3;2*1H3;2*1H;1H2;. The largest absolute Gasteiger partial charge is 0.147 e. The van der Waals surface area contributed by atoms with E-state index in [9.17, 15) is 0 Å². The molecule has 0 fully saturated rings. The number of rotatable bonds is 5. The molecule has 0 saturated heterocycles. The zero-order chi connectivity index (χ0) is 33.4. The molecule has 4 heteroatoms. The van der Waals surface area contributed by atoms with Gasteiger partial charge in [-0.3, -0.25) is 0 Å². The van der Waals surface area contributed by atoms with Crippen LogP contribution in [0.1, 0.15) is 103 Å². The minimum Gasteiger partial charge on any atom is -0.147 e. The van der Waals surface area contributed by atoms with E-state index in [-0.39, 0.29) is 35.6 Å². The van der Waals surface area contributed by atoms with Crippen LogP contribution in [0.3, 0.4) is 0 Å². The summed E-state index contributed by atoms with van der Waals surface area (Å²) in [5, 5.41) is 0. The Kier molecular flexibility index (Phi) is 10.8. The van der Waals surface area contributed by atoms with Crippen LogP contribution in [-0.2, 0) is 28.2 Å². The zero-order valence-electron chi connectivity index (χ0n) is 31.0. The average molecular weight is 775 g/mol. The van der Waals surface area contributed by atoms with E-state index < -0.39 is 17.4 Å². The fourth-order valence-electron chi connectivity index (χ4n) is 8.76. The fourth-order valence-corrected chi connectivity index (χ4v) is 29.3. The molecule has 0 saturated carbocycles. The van der Waals surface area contributed by atoms with Gasteiger partial charge in [0.1, 0.15) is 0 Å². The molecule has 0 N–H and O–H groups in total.